The lowest BCUT2D eigenvalue weighted by atomic mass is 10.2. The summed E-state index contributed by atoms with van der Waals surface area (Å²) >= 11 is 1.42. The van der Waals surface area contributed by atoms with Gasteiger partial charge in [0.15, 0.2) is 5.82 Å². The van der Waals surface area contributed by atoms with Gasteiger partial charge < -0.3 is 5.32 Å². The molecule has 0 fully saturated rings. The first-order valence-corrected chi connectivity index (χ1v) is 12.1. The van der Waals surface area contributed by atoms with Gasteiger partial charge in [0.1, 0.15) is 22.4 Å². The van der Waals surface area contributed by atoms with Crippen LogP contribution in [0.4, 0.5) is 14.5 Å². The first kappa shape index (κ1) is 22.9. The van der Waals surface area contributed by atoms with Gasteiger partial charge in [-0.1, -0.05) is 12.1 Å². The molecule has 164 valence electrons. The first-order valence-electron chi connectivity index (χ1n) is 9.18. The molecule has 1 atom stereocenters. The van der Waals surface area contributed by atoms with Gasteiger partial charge >= 0.3 is 0 Å². The summed E-state index contributed by atoms with van der Waals surface area (Å²) in [5.74, 6) is -1.74. The zero-order valence-corrected chi connectivity index (χ0v) is 18.1. The molecular weight excluding hydrogens is 446 g/mol. The van der Waals surface area contributed by atoms with Crippen molar-refractivity contribution in [2.45, 2.75) is 17.4 Å². The molecule has 0 aliphatic carbocycles. The van der Waals surface area contributed by atoms with Crippen LogP contribution in [-0.4, -0.2) is 42.2 Å². The highest BCUT2D eigenvalue weighted by Gasteiger charge is 2.27. The molecule has 1 aromatic heterocycles. The number of halogens is 2. The average molecular weight is 467 g/mol. The summed E-state index contributed by atoms with van der Waals surface area (Å²) in [4.78, 5) is 12.2. The van der Waals surface area contributed by atoms with E-state index < -0.39 is 38.5 Å². The molecule has 0 bridgehead atoms. The van der Waals surface area contributed by atoms with Gasteiger partial charge in [-0.15, -0.1) is 0 Å². The number of hydrogen-bond donors (Lipinski definition) is 2. The van der Waals surface area contributed by atoms with Crippen molar-refractivity contribution in [1.29, 1.82) is 0 Å². The highest BCUT2D eigenvalue weighted by molar-refractivity contribution is 7.98. The third-order valence-electron chi connectivity index (χ3n) is 4.32. The SMILES string of the molecule is CSCCC(NS(=O)(=O)c1ccccc1F)C(=O)Nc1ccc(-n2cccn2)c(F)c1. The molecular formula is C20H20F2N4O3S2. The van der Waals surface area contributed by atoms with Crippen molar-refractivity contribution in [3.05, 3.63) is 72.6 Å². The van der Waals surface area contributed by atoms with Crippen molar-refractivity contribution in [1.82, 2.24) is 14.5 Å². The van der Waals surface area contributed by atoms with E-state index in [9.17, 15) is 22.0 Å². The largest absolute Gasteiger partial charge is 0.325 e. The van der Waals surface area contributed by atoms with Crippen LogP contribution in [0.2, 0.25) is 0 Å². The minimum absolute atomic E-state index is 0.151. The highest BCUT2D eigenvalue weighted by Crippen LogP contribution is 2.19. The van der Waals surface area contributed by atoms with Crippen molar-refractivity contribution >= 4 is 33.4 Å². The zero-order chi connectivity index (χ0) is 22.4. The number of hydrogen-bond acceptors (Lipinski definition) is 5. The van der Waals surface area contributed by atoms with Crippen molar-refractivity contribution in [2.24, 2.45) is 0 Å². The number of aromatic nitrogens is 2. The molecule has 0 saturated heterocycles. The quantitative estimate of drug-likeness (QED) is 0.505. The second kappa shape index (κ2) is 10.0. The third-order valence-corrected chi connectivity index (χ3v) is 6.47. The van der Waals surface area contributed by atoms with E-state index in [1.807, 2.05) is 6.26 Å². The molecule has 3 aromatic rings. The molecule has 1 heterocycles. The van der Waals surface area contributed by atoms with Gasteiger partial charge in [0.25, 0.3) is 0 Å². The Bertz CT molecular complexity index is 1150. The van der Waals surface area contributed by atoms with Gasteiger partial charge in [0.2, 0.25) is 15.9 Å². The van der Waals surface area contributed by atoms with Crippen LogP contribution in [0.1, 0.15) is 6.42 Å². The van der Waals surface area contributed by atoms with Crippen LogP contribution < -0.4 is 10.0 Å². The van der Waals surface area contributed by atoms with Crippen molar-refractivity contribution in [3.63, 3.8) is 0 Å². The summed E-state index contributed by atoms with van der Waals surface area (Å²) in [6.45, 7) is 0. The van der Waals surface area contributed by atoms with Gasteiger partial charge in [0, 0.05) is 18.1 Å². The number of sulfonamides is 1. The number of carbonyl (C=O) groups excluding carboxylic acids is 1. The van der Waals surface area contributed by atoms with Crippen LogP contribution in [0.25, 0.3) is 5.69 Å². The molecule has 7 nitrogen and oxygen atoms in total. The first-order chi connectivity index (χ1) is 14.8. The topological polar surface area (TPSA) is 93.1 Å². The number of nitrogens with zero attached hydrogens (tertiary/aromatic N) is 2. The van der Waals surface area contributed by atoms with Crippen LogP contribution in [0, 0.1) is 11.6 Å². The molecule has 2 aromatic carbocycles. The Morgan fingerprint density at radius 1 is 1.16 bits per heavy atom. The summed E-state index contributed by atoms with van der Waals surface area (Å²) in [6.07, 6.45) is 5.05. The van der Waals surface area contributed by atoms with E-state index in [2.05, 4.69) is 15.1 Å². The monoisotopic (exact) mass is 466 g/mol. The number of amides is 1. The Morgan fingerprint density at radius 2 is 1.94 bits per heavy atom. The number of anilines is 1. The molecule has 1 unspecified atom stereocenters. The van der Waals surface area contributed by atoms with E-state index in [1.165, 1.54) is 46.9 Å². The van der Waals surface area contributed by atoms with Gasteiger partial charge in [-0.3, -0.25) is 4.79 Å². The van der Waals surface area contributed by atoms with Gasteiger partial charge in [0.05, 0.1) is 0 Å². The lowest BCUT2D eigenvalue weighted by Crippen LogP contribution is -2.44. The minimum Gasteiger partial charge on any atom is -0.325 e. The predicted molar refractivity (Wildman–Crippen MR) is 116 cm³/mol. The van der Waals surface area contributed by atoms with Gasteiger partial charge in [-0.05, 0) is 54.8 Å². The Balaban J connectivity index is 1.79. The van der Waals surface area contributed by atoms with Crippen molar-refractivity contribution in [2.75, 3.05) is 17.3 Å². The molecule has 0 saturated carbocycles. The molecule has 0 radical (unpaired) electrons. The molecule has 11 heteroatoms. The molecule has 3 rings (SSSR count). The van der Waals surface area contributed by atoms with E-state index in [4.69, 9.17) is 0 Å². The van der Waals surface area contributed by atoms with E-state index >= 15 is 0 Å². The van der Waals surface area contributed by atoms with E-state index in [1.54, 1.807) is 12.3 Å². The lowest BCUT2D eigenvalue weighted by molar-refractivity contribution is -0.117. The second-order valence-corrected chi connectivity index (χ2v) is 9.16. The maximum Gasteiger partial charge on any atom is 0.244 e. The van der Waals surface area contributed by atoms with Crippen LogP contribution in [0.15, 0.2) is 65.8 Å². The lowest BCUT2D eigenvalue weighted by Gasteiger charge is -2.19. The summed E-state index contributed by atoms with van der Waals surface area (Å²) in [6, 6.07) is 9.41. The number of rotatable bonds is 9. The number of carbonyl (C=O) groups is 1. The van der Waals surface area contributed by atoms with Crippen LogP contribution in [0.5, 0.6) is 0 Å². The van der Waals surface area contributed by atoms with Crippen LogP contribution in [0.3, 0.4) is 0 Å². The van der Waals surface area contributed by atoms with E-state index in [0.717, 1.165) is 18.2 Å². The fourth-order valence-corrected chi connectivity index (χ4v) is 4.58. The summed E-state index contributed by atoms with van der Waals surface area (Å²) in [5.41, 5.74) is 0.347. The highest BCUT2D eigenvalue weighted by atomic mass is 32.2. The predicted octanol–water partition coefficient (Wildman–Crippen LogP) is 3.19. The van der Waals surface area contributed by atoms with Gasteiger partial charge in [-0.25, -0.2) is 21.9 Å². The second-order valence-electron chi connectivity index (χ2n) is 6.49. The summed E-state index contributed by atoms with van der Waals surface area (Å²) in [5, 5.41) is 6.47. The molecule has 1 amide bonds. The minimum atomic E-state index is -4.28. The molecule has 0 aliphatic heterocycles. The maximum absolute atomic E-state index is 14.4. The Labute approximate surface area is 182 Å². The zero-order valence-electron chi connectivity index (χ0n) is 16.5. The fraction of sp³-hybridized carbons (Fsp3) is 0.200. The van der Waals surface area contributed by atoms with Gasteiger partial charge in [-0.2, -0.15) is 21.6 Å². The fourth-order valence-electron chi connectivity index (χ4n) is 2.80. The van der Waals surface area contributed by atoms with Crippen molar-refractivity contribution < 1.29 is 22.0 Å². The Morgan fingerprint density at radius 3 is 2.58 bits per heavy atom. The maximum atomic E-state index is 14.4. The smallest absolute Gasteiger partial charge is 0.244 e. The Kier molecular flexibility index (Phi) is 7.42. The third kappa shape index (κ3) is 5.69. The number of benzene rings is 2. The van der Waals surface area contributed by atoms with E-state index in [-0.39, 0.29) is 17.8 Å². The molecule has 0 spiro atoms. The van der Waals surface area contributed by atoms with Crippen molar-refractivity contribution in [3.8, 4) is 5.69 Å². The molecule has 2 N–H and O–H groups in total. The number of nitrogens with one attached hydrogen (secondary N) is 2. The molecule has 31 heavy (non-hydrogen) atoms. The summed E-state index contributed by atoms with van der Waals surface area (Å²) < 4.78 is 57.2. The van der Waals surface area contributed by atoms with Crippen LogP contribution >= 0.6 is 11.8 Å². The van der Waals surface area contributed by atoms with E-state index in [0.29, 0.717) is 5.75 Å². The standard InChI is InChI=1S/C20H20F2N4O3S2/c1-30-12-9-17(25-31(28,29)19-6-3-2-5-15(19)21)20(27)24-14-7-8-18(16(22)13-14)26-11-4-10-23-26/h2-8,10-11,13,17,25H,9,12H2,1H3,(H,24,27). The Hall–Kier alpha value is -2.76. The normalized spacial score (nSPS) is 12.5. The molecule has 0 aliphatic rings. The summed E-state index contributed by atoms with van der Waals surface area (Å²) in [7, 11) is -4.28. The number of thioether (sulfide) groups is 1. The average Bonchev–Trinajstić information content (AvgIpc) is 3.26. The van der Waals surface area contributed by atoms with Crippen LogP contribution in [-0.2, 0) is 14.8 Å².